The molecule has 5 fully saturated rings. The number of aromatic hydroxyl groups is 1. The Morgan fingerprint density at radius 3 is 2.45 bits per heavy atom. The van der Waals surface area contributed by atoms with Crippen LogP contribution in [0.15, 0.2) is 54.7 Å². The van der Waals surface area contributed by atoms with Crippen molar-refractivity contribution in [3.63, 3.8) is 0 Å². The van der Waals surface area contributed by atoms with Gasteiger partial charge in [-0.15, -0.1) is 0 Å². The van der Waals surface area contributed by atoms with Crippen LogP contribution in [0.25, 0.3) is 32.9 Å². The Balaban J connectivity index is 0.000000171. The number of pyridine rings is 1. The lowest BCUT2D eigenvalue weighted by Gasteiger charge is -2.34. The van der Waals surface area contributed by atoms with Crippen LogP contribution in [-0.4, -0.2) is 129 Å². The molecule has 2 aromatic heterocycles. The molecule has 65 heavy (non-hydrogen) atoms. The first kappa shape index (κ1) is 43.0. The quantitative estimate of drug-likeness (QED) is 0.152. The average Bonchev–Trinajstić information content (AvgIpc) is 3.99. The van der Waals surface area contributed by atoms with E-state index in [2.05, 4.69) is 49.3 Å². The lowest BCUT2D eigenvalue weighted by atomic mass is 9.95. The number of nitrogens with one attached hydrogen (secondary N) is 2. The van der Waals surface area contributed by atoms with E-state index in [0.29, 0.717) is 60.0 Å². The normalized spacial score (nSPS) is 23.6. The molecule has 5 aromatic rings. The second kappa shape index (κ2) is 17.8. The van der Waals surface area contributed by atoms with E-state index in [4.69, 9.17) is 9.72 Å². The van der Waals surface area contributed by atoms with Crippen molar-refractivity contribution >= 4 is 50.9 Å². The fourth-order valence-electron chi connectivity index (χ4n) is 10.7. The molecular weight excluding hydrogens is 830 g/mol. The number of hydrogen-bond acceptors (Lipinski definition) is 13. The van der Waals surface area contributed by atoms with Crippen LogP contribution >= 0.6 is 0 Å². The predicted molar refractivity (Wildman–Crippen MR) is 245 cm³/mol. The lowest BCUT2D eigenvalue weighted by Crippen LogP contribution is -2.52. The van der Waals surface area contributed by atoms with Crippen molar-refractivity contribution in [3.05, 3.63) is 77.2 Å². The van der Waals surface area contributed by atoms with E-state index in [1.165, 1.54) is 0 Å². The van der Waals surface area contributed by atoms with Gasteiger partial charge in [0.25, 0.3) is 5.91 Å². The van der Waals surface area contributed by atoms with Gasteiger partial charge in [0, 0.05) is 80.3 Å². The van der Waals surface area contributed by atoms with Crippen LogP contribution < -0.4 is 25.2 Å². The maximum absolute atomic E-state index is 16.6. The zero-order valence-electron chi connectivity index (χ0n) is 36.9. The number of rotatable bonds is 8. The summed E-state index contributed by atoms with van der Waals surface area (Å²) in [7, 11) is 2.10. The number of carbonyl (C=O) groups is 3. The smallest absolute Gasteiger partial charge is 0.319 e. The molecule has 3 amide bonds. The summed E-state index contributed by atoms with van der Waals surface area (Å²) in [6.45, 7) is 7.16. The summed E-state index contributed by atoms with van der Waals surface area (Å²) in [5.74, 6) is -0.597. The number of ether oxygens (including phenoxy) is 1. The van der Waals surface area contributed by atoms with Crippen molar-refractivity contribution in [2.75, 3.05) is 56.2 Å². The highest BCUT2D eigenvalue weighted by Gasteiger charge is 2.40. The third-order valence-electron chi connectivity index (χ3n) is 14.3. The van der Waals surface area contributed by atoms with Crippen LogP contribution in [0, 0.1) is 5.82 Å². The Bertz CT molecular complexity index is 2660. The molecule has 0 aliphatic carbocycles. The number of nitrogens with zero attached hydrogens (tertiary/aromatic N) is 7. The van der Waals surface area contributed by atoms with Crippen LogP contribution in [0.1, 0.15) is 79.8 Å². The molecule has 3 aromatic carbocycles. The summed E-state index contributed by atoms with van der Waals surface area (Å²) < 4.78 is 22.8. The number of likely N-dealkylation sites (N-methyl/N-ethyl adjacent to an activating group) is 1. The van der Waals surface area contributed by atoms with Crippen molar-refractivity contribution in [2.24, 2.45) is 0 Å². The van der Waals surface area contributed by atoms with Crippen molar-refractivity contribution < 1.29 is 33.7 Å². The van der Waals surface area contributed by atoms with Gasteiger partial charge in [0.2, 0.25) is 11.8 Å². The first-order valence-corrected chi connectivity index (χ1v) is 23.2. The first-order chi connectivity index (χ1) is 31.5. The molecule has 16 heteroatoms. The monoisotopic (exact) mass is 885 g/mol. The fourth-order valence-corrected chi connectivity index (χ4v) is 10.7. The Hall–Kier alpha value is -5.97. The van der Waals surface area contributed by atoms with Crippen LogP contribution in [0.4, 0.5) is 15.9 Å². The maximum Gasteiger partial charge on any atom is 0.319 e. The molecule has 0 radical (unpaired) electrons. The number of phenols is 1. The fraction of sp³-hybridized carbons (Fsp3) is 0.469. The first-order valence-electron chi connectivity index (χ1n) is 23.2. The minimum atomic E-state index is -0.578. The molecule has 4 unspecified atom stereocenters. The number of amides is 3. The van der Waals surface area contributed by atoms with Crippen LogP contribution in [0.2, 0.25) is 0 Å². The summed E-state index contributed by atoms with van der Waals surface area (Å²) in [4.78, 5) is 58.5. The minimum absolute atomic E-state index is 0.0708. The standard InChI is InChI=1S/C31H35FN6O2.C18H21N3O4/c1-3-18-6-4-7-19-12-23(39)13-24(26(18)19)28-27(32)29-25(14-33-28)30(38-15-20-9-10-21(16-38)34-20)36-31(35-29)40-17-22-8-5-11-37(22)2;22-13-5-7-20(8-6-13)12-1-2-14-11(9-12)10-21(18(14)25)15-3-4-16(23)19-17(15)24/h4,6-7,12-14,20-22,34,39H,3,5,8-11,15-17H2,1-2H3;1-2,9,13,15,22H,3-8,10H2,(H,19,23,24). The van der Waals surface area contributed by atoms with E-state index < -0.39 is 11.9 Å². The molecule has 0 spiro atoms. The van der Waals surface area contributed by atoms with E-state index in [1.807, 2.05) is 36.4 Å². The molecule has 0 saturated carbocycles. The van der Waals surface area contributed by atoms with Gasteiger partial charge in [0.05, 0.1) is 11.5 Å². The average molecular weight is 886 g/mol. The molecule has 340 valence electrons. The number of fused-ring (bicyclic) bond motifs is 5. The molecule has 6 aliphatic rings. The molecule has 2 bridgehead atoms. The van der Waals surface area contributed by atoms with Crippen molar-refractivity contribution in [2.45, 2.75) is 102 Å². The van der Waals surface area contributed by atoms with E-state index in [9.17, 15) is 24.6 Å². The highest BCUT2D eigenvalue weighted by molar-refractivity contribution is 6.06. The zero-order chi connectivity index (χ0) is 44.9. The van der Waals surface area contributed by atoms with Gasteiger partial charge in [-0.25, -0.2) is 4.39 Å². The Kier molecular flexibility index (Phi) is 11.7. The molecule has 4 atom stereocenters. The molecule has 8 heterocycles. The van der Waals surface area contributed by atoms with Gasteiger partial charge in [-0.05, 0) is 117 Å². The molecule has 4 N–H and O–H groups in total. The Morgan fingerprint density at radius 2 is 1.71 bits per heavy atom. The van der Waals surface area contributed by atoms with Gasteiger partial charge in [-0.2, -0.15) is 9.97 Å². The minimum Gasteiger partial charge on any atom is -0.508 e. The Morgan fingerprint density at radius 1 is 0.908 bits per heavy atom. The lowest BCUT2D eigenvalue weighted by molar-refractivity contribution is -0.136. The van der Waals surface area contributed by atoms with E-state index in [0.717, 1.165) is 105 Å². The van der Waals surface area contributed by atoms with Gasteiger partial charge < -0.3 is 39.9 Å². The molecule has 11 rings (SSSR count). The molecule has 6 aliphatic heterocycles. The summed E-state index contributed by atoms with van der Waals surface area (Å²) >= 11 is 0. The number of aliphatic hydroxyl groups excluding tert-OH is 1. The number of halogens is 1. The number of benzene rings is 3. The van der Waals surface area contributed by atoms with Crippen molar-refractivity contribution in [3.8, 4) is 23.0 Å². The molecule has 15 nitrogen and oxygen atoms in total. The number of hydrogen-bond donors (Lipinski definition) is 4. The van der Waals surface area contributed by atoms with Crippen molar-refractivity contribution in [1.82, 2.24) is 35.4 Å². The van der Waals surface area contributed by atoms with Crippen LogP contribution in [0.5, 0.6) is 11.8 Å². The van der Waals surface area contributed by atoms with Gasteiger partial charge in [0.1, 0.15) is 35.4 Å². The number of aromatic nitrogens is 3. The predicted octanol–water partition coefficient (Wildman–Crippen LogP) is 5.07. The number of aliphatic hydroxyl groups is 1. The van der Waals surface area contributed by atoms with E-state index in [1.54, 1.807) is 23.2 Å². The number of aryl methyl sites for hydroxylation is 1. The van der Waals surface area contributed by atoms with E-state index in [-0.39, 0.29) is 53.2 Å². The Labute approximate surface area is 377 Å². The van der Waals surface area contributed by atoms with Crippen LogP contribution in [0.3, 0.4) is 0 Å². The summed E-state index contributed by atoms with van der Waals surface area (Å²) in [6.07, 6.45) is 8.82. The zero-order valence-corrected chi connectivity index (χ0v) is 36.9. The second-order valence-electron chi connectivity index (χ2n) is 18.5. The highest BCUT2D eigenvalue weighted by Crippen LogP contribution is 2.39. The van der Waals surface area contributed by atoms with Crippen molar-refractivity contribution in [1.29, 1.82) is 0 Å². The number of piperazine rings is 1. The second-order valence-corrected chi connectivity index (χ2v) is 18.5. The van der Waals surface area contributed by atoms with E-state index >= 15 is 4.39 Å². The third-order valence-corrected chi connectivity index (χ3v) is 14.3. The summed E-state index contributed by atoms with van der Waals surface area (Å²) in [5, 5.41) is 28.5. The molecule has 5 saturated heterocycles. The number of piperidine rings is 2. The number of imide groups is 1. The van der Waals surface area contributed by atoms with Gasteiger partial charge in [0.15, 0.2) is 5.82 Å². The number of likely N-dealkylation sites (tertiary alicyclic amines) is 1. The molecular formula is C49H56FN9O6. The number of carbonyl (C=O) groups excluding carboxylic acids is 3. The topological polar surface area (TPSA) is 177 Å². The van der Waals surface area contributed by atoms with Gasteiger partial charge in [-0.3, -0.25) is 24.7 Å². The SMILES string of the molecule is CCc1cccc2cc(O)cc(-c3ncc4c(N5CC6CCC(C5)N6)nc(OCC5CCCN5C)nc4c3F)c12.O=C1CCC(N2Cc3cc(N4CCC(O)CC4)ccc3C2=O)C(=O)N1. The maximum atomic E-state index is 16.6. The van der Waals surface area contributed by atoms with Gasteiger partial charge >= 0.3 is 6.01 Å². The largest absolute Gasteiger partial charge is 0.508 e. The van der Waals surface area contributed by atoms with Gasteiger partial charge in [-0.1, -0.05) is 25.1 Å². The summed E-state index contributed by atoms with van der Waals surface area (Å²) in [5.41, 5.74) is 4.58. The highest BCUT2D eigenvalue weighted by atomic mass is 19.1. The summed E-state index contributed by atoms with van der Waals surface area (Å²) in [6, 6.07) is 15.7. The third kappa shape index (κ3) is 8.43. The van der Waals surface area contributed by atoms with Crippen LogP contribution in [-0.2, 0) is 22.6 Å². The number of anilines is 2. The number of phenolic OH excluding ortho intramolecular Hbond substituents is 1.